The van der Waals surface area contributed by atoms with Gasteiger partial charge in [0, 0.05) is 13.1 Å². The van der Waals surface area contributed by atoms with E-state index < -0.39 is 73.8 Å². The standard InChI is InChI=1S/C26H32FNO6S.C20H26FNO3/c1-19(20-12-7-5-8-13-20)28-18-26(22(27)23(28)29,24(30)34-25(2,3)4)16-11-17-33-35(31,32)21-14-9-6-10-15-21;1-14(15-9-6-5-7-10-15)22-13-19(17(24)25-18(2,3)4)11-8-12-20(19,21)16(22)23/h5-10,12-15,19,22H,11,16-18H2,1-4H3;5-7,9-10,14H,8,11-13H2,1-4H3/t19-,22?,26-;14-,19+,20+/m11/s1. The van der Waals surface area contributed by atoms with Crippen molar-refractivity contribution in [2.75, 3.05) is 19.7 Å². The van der Waals surface area contributed by atoms with E-state index in [-0.39, 0.29) is 49.9 Å². The molecule has 0 aromatic heterocycles. The maximum absolute atomic E-state index is 15.8. The molecule has 0 spiro atoms. The predicted octanol–water partition coefficient (Wildman–Crippen LogP) is 8.25. The minimum Gasteiger partial charge on any atom is -0.459 e. The molecule has 1 aliphatic carbocycles. The zero-order valence-electron chi connectivity index (χ0n) is 35.8. The molecule has 11 nitrogen and oxygen atoms in total. The number of carbonyl (C=O) groups is 4. The number of alkyl halides is 2. The Balaban J connectivity index is 0.000000240. The lowest BCUT2D eigenvalue weighted by molar-refractivity contribution is -0.174. The van der Waals surface area contributed by atoms with Gasteiger partial charge in [-0.2, -0.15) is 8.42 Å². The Morgan fingerprint density at radius 1 is 0.750 bits per heavy atom. The molecular weight excluding hydrogens is 795 g/mol. The van der Waals surface area contributed by atoms with Crippen molar-refractivity contribution >= 4 is 33.9 Å². The molecule has 3 fully saturated rings. The number of ether oxygens (including phenoxy) is 2. The lowest BCUT2D eigenvalue weighted by atomic mass is 9.78. The number of amides is 2. The van der Waals surface area contributed by atoms with Gasteiger partial charge in [-0.05, 0) is 111 Å². The zero-order chi connectivity index (χ0) is 44.3. The molecule has 1 saturated carbocycles. The maximum Gasteiger partial charge on any atom is 0.318 e. The third-order valence-electron chi connectivity index (χ3n) is 11.5. The number of benzene rings is 3. The normalized spacial score (nSPS) is 25.3. The van der Waals surface area contributed by atoms with Crippen LogP contribution in [-0.2, 0) is 43.0 Å². The molecule has 3 aromatic rings. The van der Waals surface area contributed by atoms with Gasteiger partial charge in [-0.25, -0.2) is 8.78 Å². The van der Waals surface area contributed by atoms with Crippen molar-refractivity contribution in [1.82, 2.24) is 9.80 Å². The number of fused-ring (bicyclic) bond motifs is 1. The minimum atomic E-state index is -4.00. The van der Waals surface area contributed by atoms with Crippen LogP contribution in [0, 0.1) is 10.8 Å². The van der Waals surface area contributed by atoms with E-state index in [1.807, 2.05) is 67.6 Å². The molecule has 1 unspecified atom stereocenters. The molecule has 3 aromatic carbocycles. The number of likely N-dealkylation sites (tertiary alicyclic amines) is 2. The van der Waals surface area contributed by atoms with Crippen molar-refractivity contribution in [1.29, 1.82) is 0 Å². The summed E-state index contributed by atoms with van der Waals surface area (Å²) in [5, 5.41) is 0. The average molecular weight is 853 g/mol. The Morgan fingerprint density at radius 3 is 1.75 bits per heavy atom. The SMILES string of the molecule is C[C@H](c1ccccc1)N1C[C@@](CCCOS(=O)(=O)c2ccccc2)(C(=O)OC(C)(C)C)C(F)C1=O.C[C@H](c1ccccc1)N1C[C@]2(C(=O)OC(C)(C)C)CCC[C@]2(F)C1=O. The van der Waals surface area contributed by atoms with Crippen LogP contribution >= 0.6 is 0 Å². The molecule has 0 bridgehead atoms. The van der Waals surface area contributed by atoms with Gasteiger partial charge in [0.25, 0.3) is 21.9 Å². The Bertz CT molecular complexity index is 2110. The van der Waals surface area contributed by atoms with Gasteiger partial charge in [-0.3, -0.25) is 23.4 Å². The highest BCUT2D eigenvalue weighted by Crippen LogP contribution is 2.57. The number of esters is 2. The van der Waals surface area contributed by atoms with Crippen LogP contribution in [0.2, 0.25) is 0 Å². The predicted molar refractivity (Wildman–Crippen MR) is 221 cm³/mol. The van der Waals surface area contributed by atoms with Crippen LogP contribution in [0.5, 0.6) is 0 Å². The number of hydrogen-bond donors (Lipinski definition) is 0. The number of hydrogen-bond acceptors (Lipinski definition) is 9. The first-order valence-corrected chi connectivity index (χ1v) is 21.8. The summed E-state index contributed by atoms with van der Waals surface area (Å²) < 4.78 is 72.4. The van der Waals surface area contributed by atoms with E-state index in [4.69, 9.17) is 13.7 Å². The molecule has 2 heterocycles. The zero-order valence-corrected chi connectivity index (χ0v) is 36.6. The van der Waals surface area contributed by atoms with E-state index in [0.717, 1.165) is 11.1 Å². The van der Waals surface area contributed by atoms with Crippen LogP contribution in [0.15, 0.2) is 95.9 Å². The van der Waals surface area contributed by atoms with E-state index in [1.54, 1.807) is 66.7 Å². The Hall–Kier alpha value is -4.69. The molecule has 60 heavy (non-hydrogen) atoms. The van der Waals surface area contributed by atoms with Crippen molar-refractivity contribution in [2.45, 2.75) is 128 Å². The summed E-state index contributed by atoms with van der Waals surface area (Å²) in [5.41, 5.74) is -5.18. The average Bonchev–Trinajstić information content (AvgIpc) is 3.76. The fraction of sp³-hybridized carbons (Fsp3) is 0.522. The molecule has 6 atom stereocenters. The molecule has 2 saturated heterocycles. The Morgan fingerprint density at radius 2 is 1.23 bits per heavy atom. The second-order valence-electron chi connectivity index (χ2n) is 18.0. The highest BCUT2D eigenvalue weighted by atomic mass is 32.2. The molecule has 326 valence electrons. The number of carbonyl (C=O) groups excluding carboxylic acids is 4. The molecular formula is C46H58F2N2O9S. The fourth-order valence-corrected chi connectivity index (χ4v) is 9.22. The topological polar surface area (TPSA) is 137 Å². The summed E-state index contributed by atoms with van der Waals surface area (Å²) in [7, 11) is -4.00. The van der Waals surface area contributed by atoms with Gasteiger partial charge in [0.1, 0.15) is 22.0 Å². The van der Waals surface area contributed by atoms with E-state index >= 15 is 8.78 Å². The molecule has 2 aliphatic heterocycles. The third kappa shape index (κ3) is 9.59. The smallest absolute Gasteiger partial charge is 0.318 e. The highest BCUT2D eigenvalue weighted by molar-refractivity contribution is 7.86. The first-order chi connectivity index (χ1) is 28.0. The molecule has 3 aliphatic rings. The van der Waals surface area contributed by atoms with Crippen molar-refractivity contribution < 1.29 is 50.0 Å². The van der Waals surface area contributed by atoms with Gasteiger partial charge in [0.15, 0.2) is 6.17 Å². The van der Waals surface area contributed by atoms with Crippen molar-refractivity contribution in [3.63, 3.8) is 0 Å². The second kappa shape index (κ2) is 17.7. The Labute approximate surface area is 352 Å². The second-order valence-corrected chi connectivity index (χ2v) is 19.6. The third-order valence-corrected chi connectivity index (χ3v) is 12.8. The van der Waals surface area contributed by atoms with Crippen LogP contribution in [0.3, 0.4) is 0 Å². The molecule has 2 amide bonds. The lowest BCUT2D eigenvalue weighted by Gasteiger charge is -2.32. The summed E-state index contributed by atoms with van der Waals surface area (Å²) in [4.78, 5) is 54.9. The first-order valence-electron chi connectivity index (χ1n) is 20.4. The van der Waals surface area contributed by atoms with Gasteiger partial charge in [0.2, 0.25) is 5.67 Å². The van der Waals surface area contributed by atoms with Crippen molar-refractivity contribution in [3.8, 4) is 0 Å². The summed E-state index contributed by atoms with van der Waals surface area (Å²) >= 11 is 0. The van der Waals surface area contributed by atoms with Crippen LogP contribution in [0.4, 0.5) is 8.78 Å². The number of rotatable bonds is 12. The summed E-state index contributed by atoms with van der Waals surface area (Å²) in [6.45, 7) is 13.6. The molecule has 14 heteroatoms. The van der Waals surface area contributed by atoms with Gasteiger partial charge in [0.05, 0.1) is 23.6 Å². The van der Waals surface area contributed by atoms with Gasteiger partial charge in [-0.15, -0.1) is 0 Å². The van der Waals surface area contributed by atoms with Crippen LogP contribution < -0.4 is 0 Å². The largest absolute Gasteiger partial charge is 0.459 e. The molecule has 0 N–H and O–H groups in total. The van der Waals surface area contributed by atoms with Gasteiger partial charge < -0.3 is 19.3 Å². The number of nitrogens with zero attached hydrogens (tertiary/aromatic N) is 2. The van der Waals surface area contributed by atoms with Crippen molar-refractivity contribution in [3.05, 3.63) is 102 Å². The van der Waals surface area contributed by atoms with Gasteiger partial charge in [-0.1, -0.05) is 78.9 Å². The van der Waals surface area contributed by atoms with Crippen molar-refractivity contribution in [2.24, 2.45) is 10.8 Å². The molecule has 6 rings (SSSR count). The van der Waals surface area contributed by atoms with E-state index in [2.05, 4.69) is 0 Å². The van der Waals surface area contributed by atoms with Crippen LogP contribution in [0.25, 0.3) is 0 Å². The summed E-state index contributed by atoms with van der Waals surface area (Å²) in [6.07, 6.45) is -1.24. The van der Waals surface area contributed by atoms with E-state index in [9.17, 15) is 27.6 Å². The molecule has 0 radical (unpaired) electrons. The number of halogens is 2. The van der Waals surface area contributed by atoms with Gasteiger partial charge >= 0.3 is 11.9 Å². The first kappa shape index (κ1) is 46.4. The Kier molecular flexibility index (Phi) is 13.7. The lowest BCUT2D eigenvalue weighted by Crippen LogP contribution is -2.49. The van der Waals surface area contributed by atoms with Crippen LogP contribution in [0.1, 0.15) is 111 Å². The highest BCUT2D eigenvalue weighted by Gasteiger charge is 2.72. The maximum atomic E-state index is 15.8. The minimum absolute atomic E-state index is 0.00382. The summed E-state index contributed by atoms with van der Waals surface area (Å²) in [6, 6.07) is 25.6. The van der Waals surface area contributed by atoms with E-state index in [1.165, 1.54) is 21.9 Å². The monoisotopic (exact) mass is 852 g/mol. The van der Waals surface area contributed by atoms with Crippen LogP contribution in [-0.4, -0.2) is 84.7 Å². The van der Waals surface area contributed by atoms with E-state index in [0.29, 0.717) is 12.8 Å². The fourth-order valence-electron chi connectivity index (χ4n) is 8.26. The quantitative estimate of drug-likeness (QED) is 0.100. The summed E-state index contributed by atoms with van der Waals surface area (Å²) in [5.74, 6) is -2.77.